The molecule has 0 bridgehead atoms. The lowest BCUT2D eigenvalue weighted by molar-refractivity contribution is 0.280. The quantitative estimate of drug-likeness (QED) is 0.761. The average Bonchev–Trinajstić information content (AvgIpc) is 2.63. The van der Waals surface area contributed by atoms with E-state index in [1.54, 1.807) is 0 Å². The summed E-state index contributed by atoms with van der Waals surface area (Å²) in [6.07, 6.45) is 3.42. The zero-order chi connectivity index (χ0) is 15.3. The Hall–Kier alpha value is -0.350. The van der Waals surface area contributed by atoms with Gasteiger partial charge in [-0.2, -0.15) is 5.10 Å². The van der Waals surface area contributed by atoms with Gasteiger partial charge < -0.3 is 5.32 Å². The summed E-state index contributed by atoms with van der Waals surface area (Å²) in [5.41, 5.74) is 2.69. The van der Waals surface area contributed by atoms with Gasteiger partial charge in [0.1, 0.15) is 0 Å². The molecule has 0 saturated carbocycles. The molecule has 0 aliphatic heterocycles. The van der Waals surface area contributed by atoms with Gasteiger partial charge in [-0.25, -0.2) is 0 Å². The highest BCUT2D eigenvalue weighted by atomic mass is 79.9. The Labute approximate surface area is 132 Å². The van der Waals surface area contributed by atoms with Crippen LogP contribution in [0.15, 0.2) is 4.47 Å². The van der Waals surface area contributed by atoms with Crippen LogP contribution < -0.4 is 5.32 Å². The first-order valence-electron chi connectivity index (χ1n) is 7.76. The van der Waals surface area contributed by atoms with Gasteiger partial charge in [0.25, 0.3) is 0 Å². The second-order valence-electron chi connectivity index (χ2n) is 6.56. The topological polar surface area (TPSA) is 29.9 Å². The van der Waals surface area contributed by atoms with Crippen molar-refractivity contribution in [3.05, 3.63) is 15.9 Å². The van der Waals surface area contributed by atoms with E-state index in [4.69, 9.17) is 0 Å². The standard InChI is InChI=1S/C16H30BrN3/c1-7-9-18-12(3)10-16(5,6)11-14-15(17)13(4)19-20(14)8-2/h12,18H,7-11H2,1-6H3. The number of nitrogens with one attached hydrogen (secondary N) is 1. The van der Waals surface area contributed by atoms with Gasteiger partial charge in [0.05, 0.1) is 15.9 Å². The van der Waals surface area contributed by atoms with Gasteiger partial charge in [0, 0.05) is 12.6 Å². The predicted octanol–water partition coefficient (Wildman–Crippen LogP) is 4.32. The van der Waals surface area contributed by atoms with E-state index >= 15 is 0 Å². The maximum absolute atomic E-state index is 4.60. The molecular weight excluding hydrogens is 314 g/mol. The molecule has 0 amide bonds. The number of aryl methyl sites for hydroxylation is 2. The molecule has 1 rings (SSSR count). The monoisotopic (exact) mass is 343 g/mol. The number of aromatic nitrogens is 2. The molecule has 116 valence electrons. The van der Waals surface area contributed by atoms with Crippen molar-refractivity contribution >= 4 is 15.9 Å². The van der Waals surface area contributed by atoms with Crippen LogP contribution >= 0.6 is 15.9 Å². The SMILES string of the molecule is CCCNC(C)CC(C)(C)Cc1c(Br)c(C)nn1CC. The van der Waals surface area contributed by atoms with E-state index in [9.17, 15) is 0 Å². The largest absolute Gasteiger partial charge is 0.314 e. The summed E-state index contributed by atoms with van der Waals surface area (Å²) >= 11 is 3.70. The molecule has 20 heavy (non-hydrogen) atoms. The Bertz CT molecular complexity index is 424. The molecule has 1 aromatic rings. The van der Waals surface area contributed by atoms with Crippen molar-refractivity contribution in [1.29, 1.82) is 0 Å². The molecule has 1 heterocycles. The summed E-state index contributed by atoms with van der Waals surface area (Å²) in [5, 5.41) is 8.18. The van der Waals surface area contributed by atoms with Crippen LogP contribution in [0.1, 0.15) is 58.8 Å². The highest BCUT2D eigenvalue weighted by Crippen LogP contribution is 2.32. The number of hydrogen-bond acceptors (Lipinski definition) is 2. The van der Waals surface area contributed by atoms with Crippen molar-refractivity contribution in [3.63, 3.8) is 0 Å². The predicted molar refractivity (Wildman–Crippen MR) is 90.2 cm³/mol. The Morgan fingerprint density at radius 3 is 2.55 bits per heavy atom. The Kier molecular flexibility index (Phi) is 6.73. The molecule has 0 spiro atoms. The van der Waals surface area contributed by atoms with Crippen LogP contribution in [0.4, 0.5) is 0 Å². The fourth-order valence-corrected chi connectivity index (χ4v) is 3.28. The van der Waals surface area contributed by atoms with Crippen LogP contribution in [0.25, 0.3) is 0 Å². The number of nitrogens with zero attached hydrogens (tertiary/aromatic N) is 2. The van der Waals surface area contributed by atoms with Crippen LogP contribution in [-0.4, -0.2) is 22.4 Å². The van der Waals surface area contributed by atoms with E-state index in [1.165, 1.54) is 23.0 Å². The lowest BCUT2D eigenvalue weighted by Crippen LogP contribution is -2.33. The van der Waals surface area contributed by atoms with E-state index < -0.39 is 0 Å². The van der Waals surface area contributed by atoms with Gasteiger partial charge >= 0.3 is 0 Å². The summed E-state index contributed by atoms with van der Waals surface area (Å²) < 4.78 is 3.31. The highest BCUT2D eigenvalue weighted by molar-refractivity contribution is 9.10. The summed E-state index contributed by atoms with van der Waals surface area (Å²) in [5.74, 6) is 0. The first kappa shape index (κ1) is 17.7. The fraction of sp³-hybridized carbons (Fsp3) is 0.812. The van der Waals surface area contributed by atoms with E-state index in [-0.39, 0.29) is 5.41 Å². The maximum Gasteiger partial charge on any atom is 0.0738 e. The third-order valence-electron chi connectivity index (χ3n) is 3.70. The molecule has 0 aromatic carbocycles. The van der Waals surface area contributed by atoms with Crippen LogP contribution in [0, 0.1) is 12.3 Å². The maximum atomic E-state index is 4.60. The molecule has 1 N–H and O–H groups in total. The molecule has 0 saturated heterocycles. The van der Waals surface area contributed by atoms with E-state index in [0.717, 1.165) is 25.2 Å². The molecule has 0 aliphatic rings. The minimum absolute atomic E-state index is 0.266. The van der Waals surface area contributed by atoms with Gasteiger partial charge in [-0.1, -0.05) is 20.8 Å². The minimum atomic E-state index is 0.266. The van der Waals surface area contributed by atoms with Crippen LogP contribution in [0.5, 0.6) is 0 Å². The Morgan fingerprint density at radius 1 is 1.35 bits per heavy atom. The van der Waals surface area contributed by atoms with E-state index in [2.05, 4.69) is 72.6 Å². The molecule has 0 fully saturated rings. The van der Waals surface area contributed by atoms with Crippen LogP contribution in [-0.2, 0) is 13.0 Å². The minimum Gasteiger partial charge on any atom is -0.314 e. The second kappa shape index (κ2) is 7.60. The third-order valence-corrected chi connectivity index (χ3v) is 4.73. The zero-order valence-electron chi connectivity index (χ0n) is 13.9. The summed E-state index contributed by atoms with van der Waals surface area (Å²) in [6.45, 7) is 15.5. The van der Waals surface area contributed by atoms with Crippen molar-refractivity contribution in [1.82, 2.24) is 15.1 Å². The van der Waals surface area contributed by atoms with Crippen molar-refractivity contribution in [2.45, 2.75) is 73.4 Å². The molecule has 1 unspecified atom stereocenters. The van der Waals surface area contributed by atoms with Crippen LogP contribution in [0.2, 0.25) is 0 Å². The zero-order valence-corrected chi connectivity index (χ0v) is 15.5. The highest BCUT2D eigenvalue weighted by Gasteiger charge is 2.25. The summed E-state index contributed by atoms with van der Waals surface area (Å²) in [7, 11) is 0. The smallest absolute Gasteiger partial charge is 0.0738 e. The second-order valence-corrected chi connectivity index (χ2v) is 7.36. The van der Waals surface area contributed by atoms with Crippen molar-refractivity contribution in [3.8, 4) is 0 Å². The van der Waals surface area contributed by atoms with Crippen LogP contribution in [0.3, 0.4) is 0 Å². The van der Waals surface area contributed by atoms with Gasteiger partial charge in [-0.3, -0.25) is 4.68 Å². The fourth-order valence-electron chi connectivity index (χ4n) is 2.86. The van der Waals surface area contributed by atoms with Gasteiger partial charge in [-0.15, -0.1) is 0 Å². The first-order valence-corrected chi connectivity index (χ1v) is 8.55. The first-order chi connectivity index (χ1) is 9.30. The van der Waals surface area contributed by atoms with Crippen molar-refractivity contribution in [2.24, 2.45) is 5.41 Å². The molecule has 1 atom stereocenters. The molecule has 3 nitrogen and oxygen atoms in total. The summed E-state index contributed by atoms with van der Waals surface area (Å²) in [4.78, 5) is 0. The summed E-state index contributed by atoms with van der Waals surface area (Å²) in [6, 6.07) is 0.558. The molecule has 1 aromatic heterocycles. The average molecular weight is 344 g/mol. The molecule has 0 radical (unpaired) electrons. The van der Waals surface area contributed by atoms with Gasteiger partial charge in [0.2, 0.25) is 0 Å². The van der Waals surface area contributed by atoms with E-state index in [1.807, 2.05) is 0 Å². The van der Waals surface area contributed by atoms with Gasteiger partial charge in [0.15, 0.2) is 0 Å². The van der Waals surface area contributed by atoms with Gasteiger partial charge in [-0.05, 0) is 67.9 Å². The molecule has 0 aliphatic carbocycles. The number of hydrogen-bond donors (Lipinski definition) is 1. The normalized spacial score (nSPS) is 13.8. The lowest BCUT2D eigenvalue weighted by Gasteiger charge is -2.29. The number of halogens is 1. The van der Waals surface area contributed by atoms with E-state index in [0.29, 0.717) is 6.04 Å². The lowest BCUT2D eigenvalue weighted by atomic mass is 9.81. The van der Waals surface area contributed by atoms with Crippen molar-refractivity contribution in [2.75, 3.05) is 6.54 Å². The molecule has 4 heteroatoms. The third kappa shape index (κ3) is 4.88. The molecular formula is C16H30BrN3. The number of rotatable bonds is 8. The Balaban J connectivity index is 2.75. The van der Waals surface area contributed by atoms with Crippen molar-refractivity contribution < 1.29 is 0 Å². The Morgan fingerprint density at radius 2 is 2.00 bits per heavy atom.